The lowest BCUT2D eigenvalue weighted by Crippen LogP contribution is -1.95. The molecule has 3 rings (SSSR count). The summed E-state index contributed by atoms with van der Waals surface area (Å²) in [4.78, 5) is 0. The number of ether oxygens (including phenoxy) is 1. The Hall–Kier alpha value is -2.54. The average Bonchev–Trinajstić information content (AvgIpc) is 2.55. The molecule has 0 spiro atoms. The van der Waals surface area contributed by atoms with Gasteiger partial charge in [0.25, 0.3) is 0 Å². The van der Waals surface area contributed by atoms with Gasteiger partial charge in [-0.25, -0.2) is 0 Å². The minimum atomic E-state index is 0.595. The van der Waals surface area contributed by atoms with E-state index in [0.29, 0.717) is 6.61 Å². The number of aryl methyl sites for hydroxylation is 1. The van der Waals surface area contributed by atoms with E-state index in [-0.39, 0.29) is 0 Å². The van der Waals surface area contributed by atoms with E-state index in [2.05, 4.69) is 55.5 Å². The second kappa shape index (κ2) is 6.27. The number of hydrogen-bond acceptors (Lipinski definition) is 1. The summed E-state index contributed by atoms with van der Waals surface area (Å²) in [5, 5.41) is 0. The molecule has 0 unspecified atom stereocenters. The van der Waals surface area contributed by atoms with Gasteiger partial charge in [-0.05, 0) is 41.3 Å². The van der Waals surface area contributed by atoms with Crippen molar-refractivity contribution < 1.29 is 4.74 Å². The molecule has 0 aliphatic heterocycles. The van der Waals surface area contributed by atoms with Gasteiger partial charge in [-0.2, -0.15) is 0 Å². The predicted molar refractivity (Wildman–Crippen MR) is 87.4 cm³/mol. The summed E-state index contributed by atoms with van der Waals surface area (Å²) in [5.74, 6) is 0.902. The van der Waals surface area contributed by atoms with E-state index in [9.17, 15) is 0 Å². The van der Waals surface area contributed by atoms with Crippen LogP contribution in [0, 0.1) is 6.92 Å². The predicted octanol–water partition coefficient (Wildman–Crippen LogP) is 5.24. The molecule has 0 N–H and O–H groups in total. The zero-order chi connectivity index (χ0) is 14.5. The highest BCUT2D eigenvalue weighted by atomic mass is 16.5. The monoisotopic (exact) mass is 274 g/mol. The summed E-state index contributed by atoms with van der Waals surface area (Å²) in [6.45, 7) is 2.73. The topological polar surface area (TPSA) is 9.23 Å². The Morgan fingerprint density at radius 3 is 2.33 bits per heavy atom. The first-order valence-corrected chi connectivity index (χ1v) is 7.16. The minimum absolute atomic E-state index is 0.595. The Balaban J connectivity index is 1.79. The smallest absolute Gasteiger partial charge is 0.120 e. The van der Waals surface area contributed by atoms with Crippen LogP contribution in [0.5, 0.6) is 5.75 Å². The Bertz CT molecular complexity index is 717. The largest absolute Gasteiger partial charge is 0.489 e. The molecule has 0 fully saturated rings. The Kier molecular flexibility index (Phi) is 4.02. The molecule has 21 heavy (non-hydrogen) atoms. The van der Waals surface area contributed by atoms with Gasteiger partial charge in [0.2, 0.25) is 0 Å². The second-order valence-electron chi connectivity index (χ2n) is 5.12. The molecule has 0 saturated heterocycles. The van der Waals surface area contributed by atoms with Gasteiger partial charge in [0.1, 0.15) is 12.4 Å². The maximum absolute atomic E-state index is 5.89. The quantitative estimate of drug-likeness (QED) is 0.632. The molecule has 3 aromatic rings. The van der Waals surface area contributed by atoms with Gasteiger partial charge in [0.15, 0.2) is 0 Å². The molecule has 0 radical (unpaired) electrons. The van der Waals surface area contributed by atoms with Gasteiger partial charge in [-0.1, -0.05) is 66.7 Å². The highest BCUT2D eigenvalue weighted by Gasteiger charge is 2.03. The van der Waals surface area contributed by atoms with Crippen molar-refractivity contribution in [3.8, 4) is 16.9 Å². The highest BCUT2D eigenvalue weighted by Crippen LogP contribution is 2.26. The van der Waals surface area contributed by atoms with E-state index in [1.807, 2.05) is 30.3 Å². The molecule has 3 aromatic carbocycles. The molecule has 0 aliphatic carbocycles. The van der Waals surface area contributed by atoms with Crippen molar-refractivity contribution >= 4 is 0 Å². The molecule has 0 aliphatic rings. The van der Waals surface area contributed by atoms with Crippen molar-refractivity contribution in [2.24, 2.45) is 0 Å². The zero-order valence-electron chi connectivity index (χ0n) is 12.1. The lowest BCUT2D eigenvalue weighted by molar-refractivity contribution is 0.306. The number of rotatable bonds is 4. The third-order valence-corrected chi connectivity index (χ3v) is 3.54. The van der Waals surface area contributed by atoms with E-state index < -0.39 is 0 Å². The standard InChI is InChI=1S/C20H18O/c1-16-8-5-6-13-20(16)18-11-7-12-19(14-18)21-15-17-9-3-2-4-10-17/h2-14H,15H2,1H3. The minimum Gasteiger partial charge on any atom is -0.489 e. The van der Waals surface area contributed by atoms with Gasteiger partial charge in [-0.15, -0.1) is 0 Å². The molecule has 0 heterocycles. The first kappa shape index (κ1) is 13.4. The summed E-state index contributed by atoms with van der Waals surface area (Å²) in [7, 11) is 0. The van der Waals surface area contributed by atoms with E-state index in [1.165, 1.54) is 22.3 Å². The molecule has 104 valence electrons. The lowest BCUT2D eigenvalue weighted by Gasteiger charge is -2.10. The van der Waals surface area contributed by atoms with Gasteiger partial charge in [0, 0.05) is 0 Å². The van der Waals surface area contributed by atoms with Crippen molar-refractivity contribution in [2.75, 3.05) is 0 Å². The molecule has 1 heteroatoms. The van der Waals surface area contributed by atoms with Crippen molar-refractivity contribution in [1.82, 2.24) is 0 Å². The fraction of sp³-hybridized carbons (Fsp3) is 0.100. The van der Waals surface area contributed by atoms with Crippen LogP contribution in [0.15, 0.2) is 78.9 Å². The normalized spacial score (nSPS) is 10.3. The van der Waals surface area contributed by atoms with E-state index >= 15 is 0 Å². The van der Waals surface area contributed by atoms with E-state index in [0.717, 1.165) is 5.75 Å². The third kappa shape index (κ3) is 3.32. The van der Waals surface area contributed by atoms with Crippen LogP contribution in [0.1, 0.15) is 11.1 Å². The summed E-state index contributed by atoms with van der Waals surface area (Å²) in [6, 6.07) is 26.9. The van der Waals surface area contributed by atoms with Gasteiger partial charge in [-0.3, -0.25) is 0 Å². The van der Waals surface area contributed by atoms with Crippen molar-refractivity contribution in [3.05, 3.63) is 90.0 Å². The molecule has 0 saturated carbocycles. The Morgan fingerprint density at radius 1 is 0.762 bits per heavy atom. The number of benzene rings is 3. The molecular formula is C20H18O. The van der Waals surface area contributed by atoms with E-state index in [4.69, 9.17) is 4.74 Å². The van der Waals surface area contributed by atoms with Crippen LogP contribution >= 0.6 is 0 Å². The van der Waals surface area contributed by atoms with Crippen LogP contribution in [0.25, 0.3) is 11.1 Å². The van der Waals surface area contributed by atoms with Crippen LogP contribution < -0.4 is 4.74 Å². The molecule has 0 aromatic heterocycles. The van der Waals surface area contributed by atoms with Gasteiger partial charge in [0.05, 0.1) is 0 Å². The van der Waals surface area contributed by atoms with Crippen molar-refractivity contribution in [2.45, 2.75) is 13.5 Å². The van der Waals surface area contributed by atoms with Crippen LogP contribution in [-0.2, 0) is 6.61 Å². The van der Waals surface area contributed by atoms with E-state index in [1.54, 1.807) is 0 Å². The fourth-order valence-corrected chi connectivity index (χ4v) is 2.39. The summed E-state index contributed by atoms with van der Waals surface area (Å²) in [6.07, 6.45) is 0. The molecule has 0 amide bonds. The first-order valence-electron chi connectivity index (χ1n) is 7.16. The third-order valence-electron chi connectivity index (χ3n) is 3.54. The lowest BCUT2D eigenvalue weighted by atomic mass is 10.0. The molecule has 0 bridgehead atoms. The first-order chi connectivity index (χ1) is 10.3. The average molecular weight is 274 g/mol. The zero-order valence-corrected chi connectivity index (χ0v) is 12.1. The fourth-order valence-electron chi connectivity index (χ4n) is 2.39. The van der Waals surface area contributed by atoms with Gasteiger partial charge < -0.3 is 4.74 Å². The molecule has 1 nitrogen and oxygen atoms in total. The summed E-state index contributed by atoms with van der Waals surface area (Å²) >= 11 is 0. The van der Waals surface area contributed by atoms with Crippen LogP contribution in [-0.4, -0.2) is 0 Å². The van der Waals surface area contributed by atoms with Crippen molar-refractivity contribution in [1.29, 1.82) is 0 Å². The maximum atomic E-state index is 5.89. The Morgan fingerprint density at radius 2 is 1.52 bits per heavy atom. The highest BCUT2D eigenvalue weighted by molar-refractivity contribution is 5.68. The Labute approximate surface area is 125 Å². The SMILES string of the molecule is Cc1ccccc1-c1cccc(OCc2ccccc2)c1. The maximum Gasteiger partial charge on any atom is 0.120 e. The van der Waals surface area contributed by atoms with Crippen molar-refractivity contribution in [3.63, 3.8) is 0 Å². The molecule has 0 atom stereocenters. The number of hydrogen-bond donors (Lipinski definition) is 0. The van der Waals surface area contributed by atoms with Crippen LogP contribution in [0.3, 0.4) is 0 Å². The second-order valence-corrected chi connectivity index (χ2v) is 5.12. The van der Waals surface area contributed by atoms with Crippen LogP contribution in [0.2, 0.25) is 0 Å². The summed E-state index contributed by atoms with van der Waals surface area (Å²) < 4.78 is 5.89. The molecular weight excluding hydrogens is 256 g/mol. The summed E-state index contributed by atoms with van der Waals surface area (Å²) in [5.41, 5.74) is 4.90. The van der Waals surface area contributed by atoms with Crippen LogP contribution in [0.4, 0.5) is 0 Å². The van der Waals surface area contributed by atoms with Gasteiger partial charge >= 0.3 is 0 Å².